The molecule has 0 radical (unpaired) electrons. The fraction of sp³-hybridized carbons (Fsp3) is 0.417. The quantitative estimate of drug-likeness (QED) is 0.749. The van der Waals surface area contributed by atoms with Crippen LogP contribution >= 0.6 is 15.9 Å². The second-order valence-electron chi connectivity index (χ2n) is 3.48. The normalized spacial score (nSPS) is 12.3. The Bertz CT molecular complexity index is 424. The van der Waals surface area contributed by atoms with E-state index in [2.05, 4.69) is 20.7 Å². The Morgan fingerprint density at radius 2 is 2.11 bits per heavy atom. The van der Waals surface area contributed by atoms with Crippen molar-refractivity contribution in [1.82, 2.24) is 0 Å². The minimum absolute atomic E-state index is 0.0620. The second-order valence-corrected chi connectivity index (χ2v) is 4.40. The minimum atomic E-state index is -2.95. The van der Waals surface area contributed by atoms with E-state index in [0.717, 1.165) is 0 Å². The van der Waals surface area contributed by atoms with E-state index in [4.69, 9.17) is 4.74 Å². The average molecular weight is 323 g/mol. The summed E-state index contributed by atoms with van der Waals surface area (Å²) in [6.07, 6.45) is 0. The van der Waals surface area contributed by atoms with Crippen molar-refractivity contribution >= 4 is 21.7 Å². The summed E-state index contributed by atoms with van der Waals surface area (Å²) in [6, 6.07) is 4.49. The van der Waals surface area contributed by atoms with Crippen LogP contribution in [0, 0.1) is 0 Å². The van der Waals surface area contributed by atoms with Gasteiger partial charge in [0.1, 0.15) is 22.1 Å². The van der Waals surface area contributed by atoms with Gasteiger partial charge in [-0.05, 0) is 19.9 Å². The lowest BCUT2D eigenvalue weighted by Crippen LogP contribution is -2.08. The molecule has 18 heavy (non-hydrogen) atoms. The van der Waals surface area contributed by atoms with Gasteiger partial charge in [0.2, 0.25) is 0 Å². The Hall–Kier alpha value is -1.17. The minimum Gasteiger partial charge on any atom is -0.494 e. The number of ketones is 1. The van der Waals surface area contributed by atoms with Crippen LogP contribution in [-0.4, -0.2) is 19.0 Å². The smallest absolute Gasteiger partial charge is 0.387 e. The van der Waals surface area contributed by atoms with E-state index in [1.165, 1.54) is 19.1 Å². The summed E-state index contributed by atoms with van der Waals surface area (Å²) in [4.78, 5) is 10.6. The molecule has 1 unspecified atom stereocenters. The van der Waals surface area contributed by atoms with Gasteiger partial charge in [0.05, 0.1) is 6.61 Å². The van der Waals surface area contributed by atoms with E-state index in [-0.39, 0.29) is 11.5 Å². The van der Waals surface area contributed by atoms with Gasteiger partial charge in [-0.1, -0.05) is 22.0 Å². The molecular formula is C12H13BrF2O3. The molecule has 0 bridgehead atoms. The number of carbonyl (C=O) groups excluding carboxylic acids is 1. The molecule has 0 saturated carbocycles. The molecule has 0 aliphatic carbocycles. The number of ether oxygens (including phenoxy) is 2. The summed E-state index contributed by atoms with van der Waals surface area (Å²) in [6.45, 7) is 0.608. The first-order valence-electron chi connectivity index (χ1n) is 5.31. The number of halogens is 3. The van der Waals surface area contributed by atoms with Gasteiger partial charge in [0, 0.05) is 11.6 Å². The number of hydrogen-bond donors (Lipinski definition) is 0. The zero-order chi connectivity index (χ0) is 13.7. The topological polar surface area (TPSA) is 35.5 Å². The number of carbonyl (C=O) groups is 1. The van der Waals surface area contributed by atoms with Crippen LogP contribution in [0.1, 0.15) is 24.2 Å². The van der Waals surface area contributed by atoms with Crippen LogP contribution in [0.25, 0.3) is 0 Å². The third-order valence-corrected chi connectivity index (χ3v) is 3.28. The SMILES string of the molecule is CCOc1ccc(C(Br)C(C)=O)c(OC(F)F)c1. The maximum absolute atomic E-state index is 12.3. The Kier molecular flexibility index (Phi) is 5.53. The summed E-state index contributed by atoms with van der Waals surface area (Å²) in [5.41, 5.74) is 0.353. The maximum Gasteiger partial charge on any atom is 0.387 e. The molecule has 1 aromatic carbocycles. The molecule has 1 rings (SSSR count). The highest BCUT2D eigenvalue weighted by Gasteiger charge is 2.20. The van der Waals surface area contributed by atoms with Crippen molar-refractivity contribution in [3.8, 4) is 11.5 Å². The molecule has 1 aromatic rings. The lowest BCUT2D eigenvalue weighted by atomic mass is 10.1. The summed E-state index contributed by atoms with van der Waals surface area (Å²) in [5.74, 6) is 0.159. The molecule has 0 aromatic heterocycles. The molecular weight excluding hydrogens is 310 g/mol. The molecule has 0 amide bonds. The van der Waals surface area contributed by atoms with Crippen molar-refractivity contribution in [3.63, 3.8) is 0 Å². The predicted octanol–water partition coefficient (Wildman–Crippen LogP) is 3.71. The van der Waals surface area contributed by atoms with Crippen LogP contribution in [-0.2, 0) is 4.79 Å². The fourth-order valence-corrected chi connectivity index (χ4v) is 1.78. The molecule has 1 atom stereocenters. The lowest BCUT2D eigenvalue weighted by Gasteiger charge is -2.15. The predicted molar refractivity (Wildman–Crippen MR) is 66.6 cm³/mol. The highest BCUT2D eigenvalue weighted by Crippen LogP contribution is 2.35. The van der Waals surface area contributed by atoms with E-state index in [1.54, 1.807) is 13.0 Å². The molecule has 6 heteroatoms. The molecule has 0 saturated heterocycles. The first-order chi connectivity index (χ1) is 8.45. The molecule has 0 spiro atoms. The zero-order valence-corrected chi connectivity index (χ0v) is 11.5. The zero-order valence-electron chi connectivity index (χ0n) is 9.95. The highest BCUT2D eigenvalue weighted by atomic mass is 79.9. The molecule has 100 valence electrons. The molecule has 0 aliphatic rings. The molecule has 0 N–H and O–H groups in total. The van der Waals surface area contributed by atoms with E-state index >= 15 is 0 Å². The van der Waals surface area contributed by atoms with Gasteiger partial charge < -0.3 is 9.47 Å². The third-order valence-electron chi connectivity index (χ3n) is 2.14. The largest absolute Gasteiger partial charge is 0.494 e. The number of hydrogen-bond acceptors (Lipinski definition) is 3. The fourth-order valence-electron chi connectivity index (χ4n) is 1.40. The standard InChI is InChI=1S/C12H13BrF2O3/c1-3-17-8-4-5-9(11(13)7(2)16)10(6-8)18-12(14)15/h4-6,11-12H,3H2,1-2H3. The summed E-state index contributed by atoms with van der Waals surface area (Å²) in [5, 5.41) is 0. The van der Waals surface area contributed by atoms with Gasteiger partial charge in [0.25, 0.3) is 0 Å². The summed E-state index contributed by atoms with van der Waals surface area (Å²) >= 11 is 3.14. The van der Waals surface area contributed by atoms with Gasteiger partial charge in [-0.2, -0.15) is 8.78 Å². The molecule has 0 heterocycles. The van der Waals surface area contributed by atoms with Gasteiger partial charge in [-0.15, -0.1) is 0 Å². The van der Waals surface area contributed by atoms with Crippen molar-refractivity contribution < 1.29 is 23.0 Å². The van der Waals surface area contributed by atoms with Gasteiger partial charge in [0.15, 0.2) is 0 Å². The van der Waals surface area contributed by atoms with Crippen LogP contribution in [0.5, 0.6) is 11.5 Å². The number of rotatable bonds is 6. The van der Waals surface area contributed by atoms with Crippen LogP contribution in [0.4, 0.5) is 8.78 Å². The summed E-state index contributed by atoms with van der Waals surface area (Å²) < 4.78 is 34.2. The van der Waals surface area contributed by atoms with E-state index in [0.29, 0.717) is 17.9 Å². The highest BCUT2D eigenvalue weighted by molar-refractivity contribution is 9.09. The number of benzene rings is 1. The Morgan fingerprint density at radius 3 is 2.61 bits per heavy atom. The molecule has 0 fully saturated rings. The average Bonchev–Trinajstić information content (AvgIpc) is 2.28. The first kappa shape index (κ1) is 14.9. The maximum atomic E-state index is 12.3. The third kappa shape index (κ3) is 3.94. The summed E-state index contributed by atoms with van der Waals surface area (Å²) in [7, 11) is 0. The Morgan fingerprint density at radius 1 is 1.44 bits per heavy atom. The van der Waals surface area contributed by atoms with E-state index in [9.17, 15) is 13.6 Å². The van der Waals surface area contributed by atoms with Crippen LogP contribution in [0.3, 0.4) is 0 Å². The van der Waals surface area contributed by atoms with Crippen LogP contribution in [0.15, 0.2) is 18.2 Å². The van der Waals surface area contributed by atoms with Crippen LogP contribution in [0.2, 0.25) is 0 Å². The number of Topliss-reactive ketones (excluding diaryl/α,β-unsaturated/α-hetero) is 1. The number of alkyl halides is 3. The Labute approximate surface area is 112 Å². The van der Waals surface area contributed by atoms with Gasteiger partial charge in [-0.25, -0.2) is 0 Å². The molecule has 3 nitrogen and oxygen atoms in total. The monoisotopic (exact) mass is 322 g/mol. The first-order valence-corrected chi connectivity index (χ1v) is 6.23. The van der Waals surface area contributed by atoms with Crippen molar-refractivity contribution in [2.24, 2.45) is 0 Å². The van der Waals surface area contributed by atoms with E-state index < -0.39 is 11.4 Å². The van der Waals surface area contributed by atoms with Crippen LogP contribution < -0.4 is 9.47 Å². The van der Waals surface area contributed by atoms with Crippen molar-refractivity contribution in [1.29, 1.82) is 0 Å². The second kappa shape index (κ2) is 6.68. The molecule has 0 aliphatic heterocycles. The Balaban J connectivity index is 3.11. The van der Waals surface area contributed by atoms with Gasteiger partial charge >= 0.3 is 6.61 Å². The van der Waals surface area contributed by atoms with Crippen molar-refractivity contribution in [3.05, 3.63) is 23.8 Å². The van der Waals surface area contributed by atoms with Gasteiger partial charge in [-0.3, -0.25) is 4.79 Å². The van der Waals surface area contributed by atoms with E-state index in [1.807, 2.05) is 0 Å². The lowest BCUT2D eigenvalue weighted by molar-refractivity contribution is -0.116. The van der Waals surface area contributed by atoms with Crippen molar-refractivity contribution in [2.45, 2.75) is 25.3 Å². The van der Waals surface area contributed by atoms with Crippen molar-refractivity contribution in [2.75, 3.05) is 6.61 Å².